The zero-order chi connectivity index (χ0) is 15.2. The molecule has 110 valence electrons. The molecule has 0 aliphatic carbocycles. The topological polar surface area (TPSA) is 84.7 Å². The number of amides is 2. The number of urea groups is 1. The molecule has 22 heavy (non-hydrogen) atoms. The molecule has 2 N–H and O–H groups in total. The number of nitrogens with one attached hydrogen (secondary N) is 2. The largest absolute Gasteiger partial charge is 0.334 e. The van der Waals surface area contributed by atoms with E-state index in [0.29, 0.717) is 18.1 Å². The fraction of sp³-hybridized carbons (Fsp3) is 0.0667. The van der Waals surface area contributed by atoms with Gasteiger partial charge in [-0.2, -0.15) is 5.10 Å². The van der Waals surface area contributed by atoms with Gasteiger partial charge in [0.25, 0.3) is 0 Å². The fourth-order valence-corrected chi connectivity index (χ4v) is 1.86. The summed E-state index contributed by atoms with van der Waals surface area (Å²) in [6.45, 7) is 0.415. The van der Waals surface area contributed by atoms with Crippen molar-refractivity contribution in [3.8, 4) is 5.82 Å². The van der Waals surface area contributed by atoms with E-state index in [1.807, 2.05) is 18.2 Å². The van der Waals surface area contributed by atoms with Crippen molar-refractivity contribution in [1.82, 2.24) is 25.1 Å². The van der Waals surface area contributed by atoms with E-state index in [1.54, 1.807) is 47.8 Å². The lowest BCUT2D eigenvalue weighted by Gasteiger charge is -2.08. The lowest BCUT2D eigenvalue weighted by atomic mass is 10.3. The van der Waals surface area contributed by atoms with Crippen molar-refractivity contribution in [2.45, 2.75) is 6.54 Å². The molecule has 0 fully saturated rings. The fourth-order valence-electron chi connectivity index (χ4n) is 1.86. The minimum Gasteiger partial charge on any atom is -0.334 e. The zero-order valence-corrected chi connectivity index (χ0v) is 11.7. The van der Waals surface area contributed by atoms with Gasteiger partial charge >= 0.3 is 6.03 Å². The third-order valence-corrected chi connectivity index (χ3v) is 2.92. The summed E-state index contributed by atoms with van der Waals surface area (Å²) in [7, 11) is 0. The van der Waals surface area contributed by atoms with Crippen LogP contribution in [-0.4, -0.2) is 25.8 Å². The molecule has 2 amide bonds. The van der Waals surface area contributed by atoms with Crippen molar-refractivity contribution in [1.29, 1.82) is 0 Å². The molecule has 3 rings (SSSR count). The summed E-state index contributed by atoms with van der Waals surface area (Å²) < 4.78 is 1.65. The summed E-state index contributed by atoms with van der Waals surface area (Å²) >= 11 is 0. The maximum absolute atomic E-state index is 11.8. The predicted molar refractivity (Wildman–Crippen MR) is 81.5 cm³/mol. The molecule has 0 atom stereocenters. The molecule has 0 spiro atoms. The molecule has 0 radical (unpaired) electrons. The van der Waals surface area contributed by atoms with Crippen LogP contribution in [0, 0.1) is 0 Å². The van der Waals surface area contributed by atoms with Gasteiger partial charge in [0.15, 0.2) is 5.82 Å². The molecule has 7 heteroatoms. The van der Waals surface area contributed by atoms with Crippen molar-refractivity contribution in [3.63, 3.8) is 0 Å². The van der Waals surface area contributed by atoms with Crippen molar-refractivity contribution in [2.24, 2.45) is 0 Å². The Labute approximate surface area is 127 Å². The second-order valence-corrected chi connectivity index (χ2v) is 4.52. The Bertz CT molecular complexity index is 724. The first-order chi connectivity index (χ1) is 10.8. The maximum Gasteiger partial charge on any atom is 0.319 e. The number of hydrogen-bond acceptors (Lipinski definition) is 4. The van der Waals surface area contributed by atoms with E-state index in [-0.39, 0.29) is 6.03 Å². The van der Waals surface area contributed by atoms with Gasteiger partial charge in [-0.25, -0.2) is 14.5 Å². The van der Waals surface area contributed by atoms with Crippen LogP contribution in [0.15, 0.2) is 61.3 Å². The van der Waals surface area contributed by atoms with Gasteiger partial charge in [0.1, 0.15) is 0 Å². The zero-order valence-electron chi connectivity index (χ0n) is 11.7. The normalized spacial score (nSPS) is 10.2. The Kier molecular flexibility index (Phi) is 4.05. The van der Waals surface area contributed by atoms with Gasteiger partial charge in [-0.1, -0.05) is 6.07 Å². The molecule has 0 unspecified atom stereocenters. The van der Waals surface area contributed by atoms with Crippen LogP contribution in [0.3, 0.4) is 0 Å². The Morgan fingerprint density at radius 3 is 2.77 bits per heavy atom. The van der Waals surface area contributed by atoms with Crippen LogP contribution in [-0.2, 0) is 6.54 Å². The van der Waals surface area contributed by atoms with Gasteiger partial charge in [-0.15, -0.1) is 0 Å². The first-order valence-corrected chi connectivity index (χ1v) is 6.71. The number of aromatic nitrogens is 4. The summed E-state index contributed by atoms with van der Waals surface area (Å²) in [4.78, 5) is 20.0. The predicted octanol–water partition coefficient (Wildman–Crippen LogP) is 1.98. The second kappa shape index (κ2) is 6.49. The first-order valence-electron chi connectivity index (χ1n) is 6.71. The van der Waals surface area contributed by atoms with Crippen LogP contribution in [0.1, 0.15) is 5.56 Å². The second-order valence-electron chi connectivity index (χ2n) is 4.52. The van der Waals surface area contributed by atoms with E-state index < -0.39 is 0 Å². The highest BCUT2D eigenvalue weighted by molar-refractivity contribution is 5.88. The average Bonchev–Trinajstić information content (AvgIpc) is 3.09. The van der Waals surface area contributed by atoms with E-state index in [1.165, 1.54) is 0 Å². The number of rotatable bonds is 4. The molecule has 0 saturated heterocycles. The monoisotopic (exact) mass is 294 g/mol. The molecule has 3 heterocycles. The molecule has 0 bridgehead atoms. The van der Waals surface area contributed by atoms with Crippen molar-refractivity contribution >= 4 is 11.7 Å². The van der Waals surface area contributed by atoms with E-state index in [0.717, 1.165) is 5.56 Å². The highest BCUT2D eigenvalue weighted by atomic mass is 16.2. The highest BCUT2D eigenvalue weighted by Gasteiger charge is 2.03. The standard InChI is InChI=1S/C15H14N6O/c22-15(18-10-12-3-1-6-16-9-12)20-13-4-5-14(17-11-13)21-8-2-7-19-21/h1-9,11H,10H2,(H2,18,20,22). The van der Waals surface area contributed by atoms with Crippen LogP contribution < -0.4 is 10.6 Å². The van der Waals surface area contributed by atoms with Crippen LogP contribution in [0.2, 0.25) is 0 Å². The quantitative estimate of drug-likeness (QED) is 0.770. The lowest BCUT2D eigenvalue weighted by Crippen LogP contribution is -2.28. The molecule has 3 aromatic heterocycles. The van der Waals surface area contributed by atoms with E-state index in [2.05, 4.69) is 25.7 Å². The summed E-state index contributed by atoms with van der Waals surface area (Å²) in [5.74, 6) is 0.686. The minimum absolute atomic E-state index is 0.294. The number of nitrogens with zero attached hydrogens (tertiary/aromatic N) is 4. The van der Waals surface area contributed by atoms with Crippen molar-refractivity contribution in [2.75, 3.05) is 5.32 Å². The number of hydrogen-bond donors (Lipinski definition) is 2. The molecule has 3 aromatic rings. The number of pyridine rings is 2. The van der Waals surface area contributed by atoms with Gasteiger partial charge in [-0.3, -0.25) is 4.98 Å². The molecule has 0 aliphatic heterocycles. The van der Waals surface area contributed by atoms with Crippen molar-refractivity contribution in [3.05, 3.63) is 66.9 Å². The SMILES string of the molecule is O=C(NCc1cccnc1)Nc1ccc(-n2cccn2)nc1. The van der Waals surface area contributed by atoms with Gasteiger partial charge in [0, 0.05) is 31.3 Å². The van der Waals surface area contributed by atoms with E-state index >= 15 is 0 Å². The van der Waals surface area contributed by atoms with Crippen molar-refractivity contribution < 1.29 is 4.79 Å². The first kappa shape index (κ1) is 13.7. The Hall–Kier alpha value is -3.22. The van der Waals surface area contributed by atoms with Crippen LogP contribution in [0.4, 0.5) is 10.5 Å². The summed E-state index contributed by atoms with van der Waals surface area (Å²) in [6, 6.07) is 8.80. The van der Waals surface area contributed by atoms with Gasteiger partial charge in [-0.05, 0) is 29.8 Å². The van der Waals surface area contributed by atoms with Crippen LogP contribution in [0.25, 0.3) is 5.82 Å². The molecular weight excluding hydrogens is 280 g/mol. The molecule has 0 saturated carbocycles. The number of carbonyl (C=O) groups is 1. The number of carbonyl (C=O) groups excluding carboxylic acids is 1. The third kappa shape index (κ3) is 3.45. The van der Waals surface area contributed by atoms with Crippen LogP contribution in [0.5, 0.6) is 0 Å². The van der Waals surface area contributed by atoms with Crippen LogP contribution >= 0.6 is 0 Å². The molecule has 7 nitrogen and oxygen atoms in total. The summed E-state index contributed by atoms with van der Waals surface area (Å²) in [6.07, 6.45) is 8.47. The number of anilines is 1. The summed E-state index contributed by atoms with van der Waals surface area (Å²) in [5.41, 5.74) is 1.55. The van der Waals surface area contributed by atoms with Gasteiger partial charge < -0.3 is 10.6 Å². The Balaban J connectivity index is 1.55. The molecule has 0 aromatic carbocycles. The van der Waals surface area contributed by atoms with E-state index in [9.17, 15) is 4.79 Å². The van der Waals surface area contributed by atoms with E-state index in [4.69, 9.17) is 0 Å². The lowest BCUT2D eigenvalue weighted by molar-refractivity contribution is 0.251. The third-order valence-electron chi connectivity index (χ3n) is 2.92. The smallest absolute Gasteiger partial charge is 0.319 e. The van der Waals surface area contributed by atoms with Gasteiger partial charge in [0.2, 0.25) is 0 Å². The highest BCUT2D eigenvalue weighted by Crippen LogP contribution is 2.08. The Morgan fingerprint density at radius 1 is 1.14 bits per heavy atom. The summed E-state index contributed by atoms with van der Waals surface area (Å²) in [5, 5.41) is 9.56. The van der Waals surface area contributed by atoms with Gasteiger partial charge in [0.05, 0.1) is 11.9 Å². The minimum atomic E-state index is -0.294. The Morgan fingerprint density at radius 2 is 2.09 bits per heavy atom. The average molecular weight is 294 g/mol. The molecule has 0 aliphatic rings. The molecular formula is C15H14N6O. The maximum atomic E-state index is 11.8.